The maximum Gasteiger partial charge on any atom is 0.336 e. The fourth-order valence-corrected chi connectivity index (χ4v) is 4.74. The second kappa shape index (κ2) is 9.42. The van der Waals surface area contributed by atoms with Crippen LogP contribution in [0.5, 0.6) is 11.5 Å². The molecule has 0 amide bonds. The molecule has 1 heterocycles. The SMILES string of the molecule is COc1ccc(/C=C/C(=O)Oc2ccc(C)cc2C)cc1S(=O)(=O)N1CCOCC1. The normalized spacial score (nSPS) is 15.3. The van der Waals surface area contributed by atoms with E-state index in [2.05, 4.69) is 0 Å². The van der Waals surface area contributed by atoms with Crippen molar-refractivity contribution in [3.05, 3.63) is 59.2 Å². The van der Waals surface area contributed by atoms with Crippen molar-refractivity contribution >= 4 is 22.1 Å². The van der Waals surface area contributed by atoms with Gasteiger partial charge >= 0.3 is 5.97 Å². The van der Waals surface area contributed by atoms with Crippen molar-refractivity contribution < 1.29 is 27.4 Å². The van der Waals surface area contributed by atoms with Gasteiger partial charge in [0.15, 0.2) is 0 Å². The van der Waals surface area contributed by atoms with Crippen LogP contribution in [0.3, 0.4) is 0 Å². The van der Waals surface area contributed by atoms with E-state index in [9.17, 15) is 13.2 Å². The van der Waals surface area contributed by atoms with Gasteiger partial charge in [-0.15, -0.1) is 0 Å². The van der Waals surface area contributed by atoms with Gasteiger partial charge in [0.05, 0.1) is 20.3 Å². The van der Waals surface area contributed by atoms with Gasteiger partial charge in [0, 0.05) is 19.2 Å². The number of benzene rings is 2. The van der Waals surface area contributed by atoms with Crippen molar-refractivity contribution in [2.24, 2.45) is 0 Å². The number of carbonyl (C=O) groups excluding carboxylic acids is 1. The van der Waals surface area contributed by atoms with Crippen molar-refractivity contribution in [1.29, 1.82) is 0 Å². The minimum absolute atomic E-state index is 0.0526. The number of nitrogens with zero attached hydrogens (tertiary/aromatic N) is 1. The second-order valence-electron chi connectivity index (χ2n) is 6.95. The van der Waals surface area contributed by atoms with Crippen LogP contribution >= 0.6 is 0 Å². The van der Waals surface area contributed by atoms with Crippen molar-refractivity contribution in [3.63, 3.8) is 0 Å². The van der Waals surface area contributed by atoms with E-state index < -0.39 is 16.0 Å². The van der Waals surface area contributed by atoms with Crippen LogP contribution < -0.4 is 9.47 Å². The molecule has 0 spiro atoms. The lowest BCUT2D eigenvalue weighted by molar-refractivity contribution is -0.128. The van der Waals surface area contributed by atoms with E-state index in [1.807, 2.05) is 26.0 Å². The molecule has 3 rings (SSSR count). The monoisotopic (exact) mass is 431 g/mol. The fourth-order valence-electron chi connectivity index (χ4n) is 3.15. The number of hydrogen-bond acceptors (Lipinski definition) is 6. The number of methoxy groups -OCH3 is 1. The largest absolute Gasteiger partial charge is 0.495 e. The van der Waals surface area contributed by atoms with Crippen LogP contribution in [0.25, 0.3) is 6.08 Å². The molecule has 30 heavy (non-hydrogen) atoms. The predicted molar refractivity (Wildman–Crippen MR) is 113 cm³/mol. The number of ether oxygens (including phenoxy) is 3. The summed E-state index contributed by atoms with van der Waals surface area (Å²) >= 11 is 0. The Morgan fingerprint density at radius 2 is 1.77 bits per heavy atom. The quantitative estimate of drug-likeness (QED) is 0.397. The molecular formula is C22H25NO6S. The summed E-state index contributed by atoms with van der Waals surface area (Å²) in [4.78, 5) is 12.3. The van der Waals surface area contributed by atoms with Crippen LogP contribution in [-0.2, 0) is 19.6 Å². The Kier molecular flexibility index (Phi) is 6.91. The summed E-state index contributed by atoms with van der Waals surface area (Å²) in [5.41, 5.74) is 2.48. The van der Waals surface area contributed by atoms with Crippen molar-refractivity contribution in [1.82, 2.24) is 4.31 Å². The fraction of sp³-hybridized carbons (Fsp3) is 0.318. The highest BCUT2D eigenvalue weighted by molar-refractivity contribution is 7.89. The van der Waals surface area contributed by atoms with E-state index >= 15 is 0 Å². The van der Waals surface area contributed by atoms with Crippen molar-refractivity contribution in [2.75, 3.05) is 33.4 Å². The molecular weight excluding hydrogens is 406 g/mol. The van der Waals surface area contributed by atoms with E-state index in [4.69, 9.17) is 14.2 Å². The second-order valence-corrected chi connectivity index (χ2v) is 8.86. The molecule has 7 nitrogen and oxygen atoms in total. The molecule has 0 atom stereocenters. The first-order chi connectivity index (χ1) is 14.3. The first-order valence-electron chi connectivity index (χ1n) is 9.54. The molecule has 0 aliphatic carbocycles. The van der Waals surface area contributed by atoms with Gasteiger partial charge in [0.2, 0.25) is 10.0 Å². The zero-order valence-corrected chi connectivity index (χ0v) is 18.1. The zero-order valence-electron chi connectivity index (χ0n) is 17.3. The number of carbonyl (C=O) groups is 1. The molecule has 160 valence electrons. The van der Waals surface area contributed by atoms with Gasteiger partial charge in [-0.05, 0) is 49.2 Å². The van der Waals surface area contributed by atoms with Crippen molar-refractivity contribution in [2.45, 2.75) is 18.7 Å². The Balaban J connectivity index is 1.81. The molecule has 0 aromatic heterocycles. The highest BCUT2D eigenvalue weighted by Gasteiger charge is 2.29. The Morgan fingerprint density at radius 3 is 2.43 bits per heavy atom. The number of rotatable bonds is 6. The zero-order chi connectivity index (χ0) is 21.7. The van der Waals surface area contributed by atoms with Gasteiger partial charge in [-0.25, -0.2) is 13.2 Å². The predicted octanol–water partition coefficient (Wildman–Crippen LogP) is 2.95. The minimum Gasteiger partial charge on any atom is -0.495 e. The number of hydrogen-bond donors (Lipinski definition) is 0. The van der Waals surface area contributed by atoms with Crippen LogP contribution in [-0.4, -0.2) is 52.1 Å². The first-order valence-corrected chi connectivity index (χ1v) is 11.0. The molecule has 0 saturated carbocycles. The third-order valence-electron chi connectivity index (χ3n) is 4.73. The summed E-state index contributed by atoms with van der Waals surface area (Å²) in [5.74, 6) is 0.187. The maximum atomic E-state index is 13.0. The lowest BCUT2D eigenvalue weighted by Gasteiger charge is -2.26. The molecule has 1 aliphatic heterocycles. The molecule has 0 unspecified atom stereocenters. The Labute approximate surface area is 176 Å². The number of aryl methyl sites for hydroxylation is 2. The Bertz CT molecular complexity index is 1060. The molecule has 8 heteroatoms. The smallest absolute Gasteiger partial charge is 0.336 e. The number of morpholine rings is 1. The maximum absolute atomic E-state index is 13.0. The van der Waals surface area contributed by atoms with Gasteiger partial charge < -0.3 is 14.2 Å². The summed E-state index contributed by atoms with van der Waals surface area (Å²) in [5, 5.41) is 0. The minimum atomic E-state index is -3.75. The highest BCUT2D eigenvalue weighted by atomic mass is 32.2. The highest BCUT2D eigenvalue weighted by Crippen LogP contribution is 2.29. The van der Waals surface area contributed by atoms with E-state index in [-0.39, 0.29) is 23.7 Å². The molecule has 1 saturated heterocycles. The van der Waals surface area contributed by atoms with Crippen LogP contribution in [0.2, 0.25) is 0 Å². The summed E-state index contributed by atoms with van der Waals surface area (Å²) in [6, 6.07) is 10.3. The third kappa shape index (κ3) is 5.08. The van der Waals surface area contributed by atoms with Crippen LogP contribution in [0.4, 0.5) is 0 Å². The molecule has 0 N–H and O–H groups in total. The summed E-state index contributed by atoms with van der Waals surface area (Å²) < 4.78 is 43.3. The van der Waals surface area contributed by atoms with E-state index in [0.717, 1.165) is 11.1 Å². The molecule has 1 aliphatic rings. The number of sulfonamides is 1. The van der Waals surface area contributed by atoms with Gasteiger partial charge in [0.25, 0.3) is 0 Å². The van der Waals surface area contributed by atoms with E-state index in [1.54, 1.807) is 18.2 Å². The van der Waals surface area contributed by atoms with E-state index in [1.165, 1.54) is 29.6 Å². The first kappa shape index (κ1) is 22.0. The number of esters is 1. The van der Waals surface area contributed by atoms with Crippen LogP contribution in [0.1, 0.15) is 16.7 Å². The summed E-state index contributed by atoms with van der Waals surface area (Å²) in [6.07, 6.45) is 2.79. The molecule has 2 aromatic rings. The van der Waals surface area contributed by atoms with Gasteiger partial charge in [-0.2, -0.15) is 4.31 Å². The molecule has 1 fully saturated rings. The van der Waals surface area contributed by atoms with Gasteiger partial charge in [0.1, 0.15) is 16.4 Å². The average molecular weight is 432 g/mol. The van der Waals surface area contributed by atoms with Gasteiger partial charge in [-0.3, -0.25) is 0 Å². The molecule has 0 radical (unpaired) electrons. The molecule has 2 aromatic carbocycles. The van der Waals surface area contributed by atoms with Crippen LogP contribution in [0, 0.1) is 13.8 Å². The third-order valence-corrected chi connectivity index (χ3v) is 6.65. The average Bonchev–Trinajstić information content (AvgIpc) is 2.74. The topological polar surface area (TPSA) is 82.1 Å². The van der Waals surface area contributed by atoms with E-state index in [0.29, 0.717) is 24.5 Å². The summed E-state index contributed by atoms with van der Waals surface area (Å²) in [6.45, 7) is 5.11. The lowest BCUT2D eigenvalue weighted by Crippen LogP contribution is -2.40. The molecule has 0 bridgehead atoms. The Hall–Kier alpha value is -2.68. The standard InChI is InChI=1S/C22H25NO6S/c1-16-4-7-19(17(2)14-16)29-22(24)9-6-18-5-8-20(27-3)21(15-18)30(25,26)23-10-12-28-13-11-23/h4-9,14-15H,10-13H2,1-3H3/b9-6+. The van der Waals surface area contributed by atoms with Gasteiger partial charge in [-0.1, -0.05) is 23.8 Å². The summed E-state index contributed by atoms with van der Waals surface area (Å²) in [7, 11) is -2.32. The lowest BCUT2D eigenvalue weighted by atomic mass is 10.1. The Morgan fingerprint density at radius 1 is 1.07 bits per heavy atom. The van der Waals surface area contributed by atoms with Crippen molar-refractivity contribution in [3.8, 4) is 11.5 Å². The van der Waals surface area contributed by atoms with Crippen LogP contribution in [0.15, 0.2) is 47.4 Å².